The molecule has 1 fully saturated rings. The fourth-order valence-electron chi connectivity index (χ4n) is 4.47. The lowest BCUT2D eigenvalue weighted by Crippen LogP contribution is -2.33. The maximum absolute atomic E-state index is 13.5. The number of likely N-dealkylation sites (tertiary alicyclic amines) is 1. The third-order valence-corrected chi connectivity index (χ3v) is 6.60. The average Bonchev–Trinajstić information content (AvgIpc) is 2.91. The predicted molar refractivity (Wildman–Crippen MR) is 152 cm³/mol. The standard InChI is InChI=1S/C28H38F3N5.C2H6/c1-4-15-33-26-12-8-6-10-23(26)20(2)35-27(18-25(32)21-13-16-36(3)17-14-21)34-19-22-9-5-7-11-24(22)28(29,30)31;1-2/h5-7,9-11,18,21,33H,2,4,8,12-17,19,32H2,1,3H3,(H,34,35);1-2H3/b25-18-;. The van der Waals surface area contributed by atoms with Crippen molar-refractivity contribution in [3.63, 3.8) is 0 Å². The number of allylic oxidation sites excluding steroid dienone is 4. The van der Waals surface area contributed by atoms with Gasteiger partial charge in [0.1, 0.15) is 5.84 Å². The summed E-state index contributed by atoms with van der Waals surface area (Å²) in [6.45, 7) is 13.0. The van der Waals surface area contributed by atoms with E-state index >= 15 is 0 Å². The number of piperidine rings is 1. The first-order chi connectivity index (χ1) is 18.2. The topological polar surface area (TPSA) is 65.7 Å². The summed E-state index contributed by atoms with van der Waals surface area (Å²) in [4.78, 5) is 6.81. The Kier molecular flexibility index (Phi) is 12.7. The van der Waals surface area contributed by atoms with E-state index in [0.29, 0.717) is 17.2 Å². The van der Waals surface area contributed by atoms with Crippen LogP contribution >= 0.6 is 0 Å². The molecule has 4 N–H and O–H groups in total. The molecule has 0 aromatic heterocycles. The third-order valence-electron chi connectivity index (χ3n) is 6.60. The molecular formula is C30H44F3N5. The second kappa shape index (κ2) is 15.4. The van der Waals surface area contributed by atoms with Gasteiger partial charge in [-0.2, -0.15) is 13.2 Å². The van der Waals surface area contributed by atoms with Crippen LogP contribution in [0.15, 0.2) is 76.7 Å². The fourth-order valence-corrected chi connectivity index (χ4v) is 4.47. The first-order valence-corrected chi connectivity index (χ1v) is 13.6. The molecule has 1 aliphatic heterocycles. The fraction of sp³-hybridized carbons (Fsp3) is 0.500. The van der Waals surface area contributed by atoms with Crippen LogP contribution < -0.4 is 16.4 Å². The molecule has 3 rings (SSSR count). The minimum Gasteiger partial charge on any atom is -0.402 e. The maximum atomic E-state index is 13.5. The van der Waals surface area contributed by atoms with Crippen molar-refractivity contribution in [3.05, 3.63) is 82.9 Å². The maximum Gasteiger partial charge on any atom is 0.416 e. The number of nitrogens with one attached hydrogen (secondary N) is 2. The third kappa shape index (κ3) is 9.39. The number of hydrogen-bond donors (Lipinski definition) is 3. The SMILES string of the molecule is C=C(NC(/C=C(\N)C1CCN(C)CC1)=NCc1ccccc1C(F)(F)F)C1=C(NCCC)CCC=C1.CC. The summed E-state index contributed by atoms with van der Waals surface area (Å²) in [7, 11) is 2.09. The van der Waals surface area contributed by atoms with Crippen LogP contribution in [0.2, 0.25) is 0 Å². The zero-order valence-electron chi connectivity index (χ0n) is 23.3. The quantitative estimate of drug-likeness (QED) is 0.251. The number of benzene rings is 1. The number of aliphatic imine (C=N–C) groups is 1. The first-order valence-electron chi connectivity index (χ1n) is 13.6. The van der Waals surface area contributed by atoms with E-state index in [1.165, 1.54) is 12.1 Å². The minimum atomic E-state index is -4.44. The van der Waals surface area contributed by atoms with Crippen molar-refractivity contribution in [2.24, 2.45) is 16.6 Å². The van der Waals surface area contributed by atoms with Crippen LogP contribution in [0.1, 0.15) is 64.0 Å². The van der Waals surface area contributed by atoms with Gasteiger partial charge in [0, 0.05) is 35.1 Å². The zero-order chi connectivity index (χ0) is 28.1. The molecular weight excluding hydrogens is 487 g/mol. The van der Waals surface area contributed by atoms with Gasteiger partial charge >= 0.3 is 6.18 Å². The molecule has 1 aromatic carbocycles. The molecule has 210 valence electrons. The van der Waals surface area contributed by atoms with Crippen molar-refractivity contribution in [2.75, 3.05) is 26.7 Å². The summed E-state index contributed by atoms with van der Waals surface area (Å²) in [6.07, 6.45) is 6.14. The number of amidine groups is 1. The molecule has 1 aliphatic carbocycles. The van der Waals surface area contributed by atoms with Crippen molar-refractivity contribution < 1.29 is 13.2 Å². The van der Waals surface area contributed by atoms with Crippen LogP contribution in [0.25, 0.3) is 0 Å². The van der Waals surface area contributed by atoms with Crippen LogP contribution in [0.4, 0.5) is 13.2 Å². The second-order valence-corrected chi connectivity index (χ2v) is 9.44. The Morgan fingerprint density at radius 2 is 1.89 bits per heavy atom. The van der Waals surface area contributed by atoms with Gasteiger partial charge in [-0.3, -0.25) is 4.99 Å². The lowest BCUT2D eigenvalue weighted by molar-refractivity contribution is -0.138. The Hall–Kier alpha value is -3.00. The van der Waals surface area contributed by atoms with Gasteiger partial charge in [0.05, 0.1) is 12.1 Å². The normalized spacial score (nSPS) is 17.7. The smallest absolute Gasteiger partial charge is 0.402 e. The van der Waals surface area contributed by atoms with Gasteiger partial charge < -0.3 is 21.3 Å². The molecule has 0 saturated carbocycles. The molecule has 1 heterocycles. The van der Waals surface area contributed by atoms with Gasteiger partial charge in [-0.25, -0.2) is 0 Å². The summed E-state index contributed by atoms with van der Waals surface area (Å²) >= 11 is 0. The highest BCUT2D eigenvalue weighted by Crippen LogP contribution is 2.32. The Morgan fingerprint density at radius 1 is 1.21 bits per heavy atom. The number of rotatable bonds is 9. The highest BCUT2D eigenvalue weighted by molar-refractivity contribution is 5.95. The lowest BCUT2D eigenvalue weighted by atomic mass is 9.93. The molecule has 0 amide bonds. The van der Waals surface area contributed by atoms with Crippen molar-refractivity contribution in [2.45, 2.75) is 65.6 Å². The van der Waals surface area contributed by atoms with Crippen LogP contribution in [0, 0.1) is 5.92 Å². The van der Waals surface area contributed by atoms with Crippen molar-refractivity contribution in [1.29, 1.82) is 0 Å². The van der Waals surface area contributed by atoms with E-state index in [1.54, 1.807) is 12.1 Å². The summed E-state index contributed by atoms with van der Waals surface area (Å²) in [5.74, 6) is 0.620. The van der Waals surface area contributed by atoms with Gasteiger partial charge in [-0.1, -0.05) is 57.7 Å². The van der Waals surface area contributed by atoms with E-state index in [2.05, 4.69) is 47.2 Å². The second-order valence-electron chi connectivity index (χ2n) is 9.44. The molecule has 0 spiro atoms. The van der Waals surface area contributed by atoms with Crippen molar-refractivity contribution in [3.8, 4) is 0 Å². The summed E-state index contributed by atoms with van der Waals surface area (Å²) < 4.78 is 40.6. The van der Waals surface area contributed by atoms with E-state index in [0.717, 1.165) is 69.1 Å². The number of nitrogens with two attached hydrogens (primary N) is 1. The average molecular weight is 532 g/mol. The largest absolute Gasteiger partial charge is 0.416 e. The van der Waals surface area contributed by atoms with Gasteiger partial charge in [-0.05, 0) is 69.9 Å². The zero-order valence-corrected chi connectivity index (χ0v) is 23.3. The number of nitrogens with zero attached hydrogens (tertiary/aromatic N) is 2. The van der Waals surface area contributed by atoms with Gasteiger partial charge in [0.2, 0.25) is 0 Å². The van der Waals surface area contributed by atoms with Crippen molar-refractivity contribution >= 4 is 5.84 Å². The van der Waals surface area contributed by atoms with Crippen molar-refractivity contribution in [1.82, 2.24) is 15.5 Å². The molecule has 0 unspecified atom stereocenters. The predicted octanol–water partition coefficient (Wildman–Crippen LogP) is 6.52. The number of hydrogen-bond acceptors (Lipinski definition) is 4. The molecule has 38 heavy (non-hydrogen) atoms. The Balaban J connectivity index is 0.00000247. The van der Waals surface area contributed by atoms with E-state index in [1.807, 2.05) is 19.9 Å². The Bertz CT molecular complexity index is 1030. The summed E-state index contributed by atoms with van der Waals surface area (Å²) in [5.41, 5.74) is 9.29. The highest BCUT2D eigenvalue weighted by atomic mass is 19.4. The van der Waals surface area contributed by atoms with E-state index in [4.69, 9.17) is 5.73 Å². The minimum absolute atomic E-state index is 0.114. The molecule has 2 aliphatic rings. The van der Waals surface area contributed by atoms with Gasteiger partial charge in [0.15, 0.2) is 0 Å². The molecule has 5 nitrogen and oxygen atoms in total. The molecule has 0 atom stereocenters. The Labute approximate surface area is 226 Å². The molecule has 0 radical (unpaired) electrons. The van der Waals surface area contributed by atoms with E-state index in [-0.39, 0.29) is 18.0 Å². The lowest BCUT2D eigenvalue weighted by Gasteiger charge is -2.29. The van der Waals surface area contributed by atoms with Crippen LogP contribution in [-0.2, 0) is 12.7 Å². The molecule has 1 saturated heterocycles. The van der Waals surface area contributed by atoms with Crippen LogP contribution in [0.3, 0.4) is 0 Å². The highest BCUT2D eigenvalue weighted by Gasteiger charge is 2.32. The Morgan fingerprint density at radius 3 is 2.55 bits per heavy atom. The monoisotopic (exact) mass is 531 g/mol. The molecule has 1 aromatic rings. The summed E-state index contributed by atoms with van der Waals surface area (Å²) in [5, 5.41) is 6.73. The van der Waals surface area contributed by atoms with Gasteiger partial charge in [0.25, 0.3) is 0 Å². The number of alkyl halides is 3. The molecule has 0 bridgehead atoms. The van der Waals surface area contributed by atoms with Gasteiger partial charge in [-0.15, -0.1) is 0 Å². The summed E-state index contributed by atoms with van der Waals surface area (Å²) in [6, 6.07) is 5.53. The molecule has 8 heteroatoms. The van der Waals surface area contributed by atoms with E-state index in [9.17, 15) is 13.2 Å². The van der Waals surface area contributed by atoms with E-state index < -0.39 is 11.7 Å². The van der Waals surface area contributed by atoms with Crippen LogP contribution in [0.5, 0.6) is 0 Å². The first kappa shape index (κ1) is 31.2. The number of halogens is 3. The van der Waals surface area contributed by atoms with Crippen LogP contribution in [-0.4, -0.2) is 37.4 Å².